The Bertz CT molecular complexity index is 647. The van der Waals surface area contributed by atoms with Gasteiger partial charge in [-0.3, -0.25) is 4.79 Å². The number of ether oxygens (including phenoxy) is 1. The molecule has 2 aromatic rings. The molecule has 1 amide bonds. The molecule has 0 radical (unpaired) electrons. The molecule has 25 heavy (non-hydrogen) atoms. The van der Waals surface area contributed by atoms with Gasteiger partial charge in [0.25, 0.3) is 0 Å². The summed E-state index contributed by atoms with van der Waals surface area (Å²) in [6.45, 7) is 3.48. The van der Waals surface area contributed by atoms with Crippen molar-refractivity contribution in [1.82, 2.24) is 5.32 Å². The number of carbonyl (C=O) groups is 1. The largest absolute Gasteiger partial charge is 0.489 e. The average Bonchev–Trinajstić information content (AvgIpc) is 2.66. The monoisotopic (exact) mass is 337 g/mol. The molecule has 0 aliphatic carbocycles. The maximum atomic E-state index is 11.8. The van der Waals surface area contributed by atoms with Crippen molar-refractivity contribution in [3.8, 4) is 5.75 Å². The van der Waals surface area contributed by atoms with Gasteiger partial charge in [-0.15, -0.1) is 0 Å². The van der Waals surface area contributed by atoms with E-state index < -0.39 is 0 Å². The number of hydrogen-bond donors (Lipinski definition) is 1. The van der Waals surface area contributed by atoms with Gasteiger partial charge in [-0.2, -0.15) is 0 Å². The van der Waals surface area contributed by atoms with E-state index in [1.165, 1.54) is 19.3 Å². The molecule has 0 aromatic heterocycles. The molecule has 0 fully saturated rings. The molecular formula is C22H27NO2. The van der Waals surface area contributed by atoms with Crippen LogP contribution in [0.3, 0.4) is 0 Å². The lowest BCUT2D eigenvalue weighted by atomic mass is 10.2. The van der Waals surface area contributed by atoms with Crippen molar-refractivity contribution >= 4 is 12.0 Å². The zero-order chi connectivity index (χ0) is 17.7. The van der Waals surface area contributed by atoms with Crippen LogP contribution in [0.5, 0.6) is 5.75 Å². The molecule has 2 rings (SSSR count). The first-order valence-electron chi connectivity index (χ1n) is 9.00. The van der Waals surface area contributed by atoms with Crippen molar-refractivity contribution in [3.63, 3.8) is 0 Å². The lowest BCUT2D eigenvalue weighted by Crippen LogP contribution is -2.21. The molecule has 3 nitrogen and oxygen atoms in total. The fraction of sp³-hybridized carbons (Fsp3) is 0.318. The van der Waals surface area contributed by atoms with Gasteiger partial charge in [0.1, 0.15) is 12.4 Å². The molecule has 0 spiro atoms. The fourth-order valence-corrected chi connectivity index (χ4v) is 2.41. The third kappa shape index (κ3) is 7.71. The van der Waals surface area contributed by atoms with Gasteiger partial charge in [0, 0.05) is 12.6 Å². The quantitative estimate of drug-likeness (QED) is 0.491. The third-order valence-corrected chi connectivity index (χ3v) is 3.89. The topological polar surface area (TPSA) is 38.3 Å². The summed E-state index contributed by atoms with van der Waals surface area (Å²) in [7, 11) is 0. The van der Waals surface area contributed by atoms with E-state index in [1.54, 1.807) is 6.08 Å². The molecule has 0 heterocycles. The molecule has 0 aliphatic rings. The van der Waals surface area contributed by atoms with Crippen molar-refractivity contribution in [2.75, 3.05) is 6.54 Å². The van der Waals surface area contributed by atoms with Gasteiger partial charge >= 0.3 is 0 Å². The average molecular weight is 337 g/mol. The summed E-state index contributed by atoms with van der Waals surface area (Å²) < 4.78 is 5.75. The lowest BCUT2D eigenvalue weighted by Gasteiger charge is -2.06. The van der Waals surface area contributed by atoms with E-state index >= 15 is 0 Å². The molecule has 0 atom stereocenters. The van der Waals surface area contributed by atoms with Crippen LogP contribution in [0, 0.1) is 0 Å². The number of benzene rings is 2. The van der Waals surface area contributed by atoms with Gasteiger partial charge in [-0.05, 0) is 35.8 Å². The molecule has 0 aliphatic heterocycles. The van der Waals surface area contributed by atoms with Gasteiger partial charge in [0.2, 0.25) is 5.91 Å². The van der Waals surface area contributed by atoms with Crippen molar-refractivity contribution < 1.29 is 9.53 Å². The van der Waals surface area contributed by atoms with Gasteiger partial charge in [0.05, 0.1) is 0 Å². The van der Waals surface area contributed by atoms with Crippen molar-refractivity contribution in [3.05, 3.63) is 71.8 Å². The van der Waals surface area contributed by atoms with E-state index in [0.717, 1.165) is 29.8 Å². The number of carbonyl (C=O) groups excluding carboxylic acids is 1. The zero-order valence-corrected chi connectivity index (χ0v) is 14.9. The Morgan fingerprint density at radius 2 is 1.76 bits per heavy atom. The van der Waals surface area contributed by atoms with E-state index in [2.05, 4.69) is 12.2 Å². The Labute approximate surface area is 150 Å². The summed E-state index contributed by atoms with van der Waals surface area (Å²) in [5, 5.41) is 2.91. The van der Waals surface area contributed by atoms with E-state index in [0.29, 0.717) is 6.61 Å². The first-order chi connectivity index (χ1) is 12.3. The van der Waals surface area contributed by atoms with Crippen LogP contribution in [-0.2, 0) is 11.4 Å². The molecule has 1 N–H and O–H groups in total. The second-order valence-corrected chi connectivity index (χ2v) is 6.03. The van der Waals surface area contributed by atoms with Crippen LogP contribution < -0.4 is 10.1 Å². The highest BCUT2D eigenvalue weighted by atomic mass is 16.5. The van der Waals surface area contributed by atoms with Gasteiger partial charge < -0.3 is 10.1 Å². The molecular weight excluding hydrogens is 310 g/mol. The van der Waals surface area contributed by atoms with Gasteiger partial charge in [-0.25, -0.2) is 0 Å². The molecule has 0 saturated heterocycles. The van der Waals surface area contributed by atoms with Crippen LogP contribution in [0.25, 0.3) is 6.08 Å². The normalized spacial score (nSPS) is 10.8. The van der Waals surface area contributed by atoms with Crippen LogP contribution in [0.2, 0.25) is 0 Å². The van der Waals surface area contributed by atoms with E-state index in [4.69, 9.17) is 4.74 Å². The maximum absolute atomic E-state index is 11.8. The highest BCUT2D eigenvalue weighted by molar-refractivity contribution is 5.91. The fourth-order valence-electron chi connectivity index (χ4n) is 2.41. The Hall–Kier alpha value is -2.55. The van der Waals surface area contributed by atoms with Crippen LogP contribution >= 0.6 is 0 Å². The maximum Gasteiger partial charge on any atom is 0.243 e. The number of amides is 1. The van der Waals surface area contributed by atoms with Crippen LogP contribution in [0.1, 0.15) is 43.7 Å². The molecule has 2 aromatic carbocycles. The third-order valence-electron chi connectivity index (χ3n) is 3.89. The second kappa shape index (κ2) is 11.1. The zero-order valence-electron chi connectivity index (χ0n) is 14.9. The molecule has 0 bridgehead atoms. The minimum absolute atomic E-state index is 0.0408. The van der Waals surface area contributed by atoms with Crippen LogP contribution in [-0.4, -0.2) is 12.5 Å². The predicted molar refractivity (Wildman–Crippen MR) is 103 cm³/mol. The Morgan fingerprint density at radius 1 is 1.00 bits per heavy atom. The first-order valence-corrected chi connectivity index (χ1v) is 9.00. The summed E-state index contributed by atoms with van der Waals surface area (Å²) in [5.41, 5.74) is 2.12. The van der Waals surface area contributed by atoms with Crippen molar-refractivity contribution in [2.45, 2.75) is 39.2 Å². The summed E-state index contributed by atoms with van der Waals surface area (Å²) in [6.07, 6.45) is 8.05. The van der Waals surface area contributed by atoms with Gasteiger partial charge in [-0.1, -0.05) is 68.7 Å². The summed E-state index contributed by atoms with van der Waals surface area (Å²) in [4.78, 5) is 11.8. The minimum Gasteiger partial charge on any atom is -0.489 e. The molecule has 0 saturated carbocycles. The Kier molecular flexibility index (Phi) is 8.33. The smallest absolute Gasteiger partial charge is 0.243 e. The van der Waals surface area contributed by atoms with Crippen molar-refractivity contribution in [1.29, 1.82) is 0 Å². The summed E-state index contributed by atoms with van der Waals surface area (Å²) in [5.74, 6) is 0.780. The number of nitrogens with one attached hydrogen (secondary N) is 1. The minimum atomic E-state index is -0.0408. The standard InChI is InChI=1S/C22H27NO2/c1-2-3-4-8-17-23-22(24)16-13-19-11-14-21(15-12-19)25-18-20-9-6-5-7-10-20/h5-7,9-16H,2-4,8,17-18H2,1H3,(H,23,24)/b16-13+. The first kappa shape index (κ1) is 18.8. The lowest BCUT2D eigenvalue weighted by molar-refractivity contribution is -0.116. The number of unbranched alkanes of at least 4 members (excludes halogenated alkanes) is 3. The number of hydrogen-bond acceptors (Lipinski definition) is 2. The van der Waals surface area contributed by atoms with Gasteiger partial charge in [0.15, 0.2) is 0 Å². The number of rotatable bonds is 10. The second-order valence-electron chi connectivity index (χ2n) is 6.03. The molecule has 0 unspecified atom stereocenters. The highest BCUT2D eigenvalue weighted by Gasteiger charge is 1.97. The van der Waals surface area contributed by atoms with E-state index in [9.17, 15) is 4.79 Å². The highest BCUT2D eigenvalue weighted by Crippen LogP contribution is 2.15. The van der Waals surface area contributed by atoms with Crippen LogP contribution in [0.4, 0.5) is 0 Å². The van der Waals surface area contributed by atoms with E-state index in [1.807, 2.05) is 60.7 Å². The summed E-state index contributed by atoms with van der Waals surface area (Å²) >= 11 is 0. The van der Waals surface area contributed by atoms with Crippen molar-refractivity contribution in [2.24, 2.45) is 0 Å². The predicted octanol–water partition coefficient (Wildman–Crippen LogP) is 4.98. The Balaban J connectivity index is 1.72. The van der Waals surface area contributed by atoms with Crippen LogP contribution in [0.15, 0.2) is 60.7 Å². The summed E-state index contributed by atoms with van der Waals surface area (Å²) in [6, 6.07) is 17.8. The Morgan fingerprint density at radius 3 is 2.48 bits per heavy atom. The molecule has 132 valence electrons. The SMILES string of the molecule is CCCCCCNC(=O)/C=C/c1ccc(OCc2ccccc2)cc1. The van der Waals surface area contributed by atoms with E-state index in [-0.39, 0.29) is 5.91 Å². The molecule has 3 heteroatoms.